The molecule has 0 unspecified atom stereocenters. The van der Waals surface area contributed by atoms with Gasteiger partial charge in [-0.05, 0) is 105 Å². The van der Waals surface area contributed by atoms with Gasteiger partial charge in [0, 0.05) is 5.41 Å². The summed E-state index contributed by atoms with van der Waals surface area (Å²) >= 11 is 0. The minimum atomic E-state index is -0.0559. The summed E-state index contributed by atoms with van der Waals surface area (Å²) in [4.78, 5) is 12.9. The third-order valence-corrected chi connectivity index (χ3v) is 9.97. The number of ketones is 1. The molecule has 0 bridgehead atoms. The molecule has 0 spiro atoms. The minimum absolute atomic E-state index is 0.0559. The first-order chi connectivity index (χ1) is 11.8. The molecule has 0 aromatic heterocycles. The fraction of sp³-hybridized carbons (Fsp3) is 0.875. The van der Waals surface area contributed by atoms with E-state index in [1.54, 1.807) is 0 Å². The summed E-state index contributed by atoms with van der Waals surface area (Å²) in [6, 6.07) is 0. The van der Waals surface area contributed by atoms with Gasteiger partial charge in [-0.1, -0.05) is 26.8 Å². The quantitative estimate of drug-likeness (QED) is 0.539. The summed E-state index contributed by atoms with van der Waals surface area (Å²) in [6.07, 6.45) is 12.7. The first-order valence-electron chi connectivity index (χ1n) is 11.0. The lowest BCUT2D eigenvalue weighted by atomic mass is 9.43. The third-order valence-electron chi connectivity index (χ3n) is 9.97. The van der Waals surface area contributed by atoms with Crippen LogP contribution < -0.4 is 0 Å². The molecule has 140 valence electrons. The van der Waals surface area contributed by atoms with Crippen molar-refractivity contribution in [2.75, 3.05) is 0 Å². The molecule has 0 aromatic rings. The lowest BCUT2D eigenvalue weighted by molar-refractivity contribution is -0.152. The van der Waals surface area contributed by atoms with E-state index >= 15 is 0 Å². The molecule has 0 N–H and O–H groups in total. The second-order valence-corrected chi connectivity index (χ2v) is 10.6. The molecule has 1 heteroatoms. The van der Waals surface area contributed by atoms with Crippen LogP contribution in [0.3, 0.4) is 0 Å². The van der Waals surface area contributed by atoms with Crippen LogP contribution in [0.2, 0.25) is 0 Å². The average molecular weight is 343 g/mol. The van der Waals surface area contributed by atoms with Crippen LogP contribution in [0, 0.1) is 52.3 Å². The molecule has 4 fully saturated rings. The summed E-state index contributed by atoms with van der Waals surface area (Å²) < 4.78 is 0. The summed E-state index contributed by atoms with van der Waals surface area (Å²) in [6.45, 7) is 13.6. The lowest BCUT2D eigenvalue weighted by Crippen LogP contribution is -2.56. The second-order valence-electron chi connectivity index (χ2n) is 10.6. The van der Waals surface area contributed by atoms with E-state index in [1.165, 1.54) is 44.9 Å². The molecular formula is C24H38O. The molecule has 4 aliphatic rings. The molecule has 0 saturated heterocycles. The van der Waals surface area contributed by atoms with E-state index in [0.717, 1.165) is 36.0 Å². The molecular weight excluding hydrogens is 304 g/mol. The van der Waals surface area contributed by atoms with Crippen molar-refractivity contribution >= 4 is 5.78 Å². The highest BCUT2D eigenvalue weighted by Crippen LogP contribution is 2.68. The van der Waals surface area contributed by atoms with Crippen LogP contribution in [0.15, 0.2) is 12.7 Å². The Morgan fingerprint density at radius 2 is 1.80 bits per heavy atom. The van der Waals surface area contributed by atoms with Crippen LogP contribution >= 0.6 is 0 Å². The van der Waals surface area contributed by atoms with Gasteiger partial charge >= 0.3 is 0 Å². The summed E-state index contributed by atoms with van der Waals surface area (Å²) in [5.74, 6) is 5.89. The van der Waals surface area contributed by atoms with E-state index in [2.05, 4.69) is 33.4 Å². The van der Waals surface area contributed by atoms with Crippen molar-refractivity contribution in [1.82, 2.24) is 0 Å². The SMILES string of the molecule is C=C[C@H]1CC[C@H]2[C@@H]3CC[C@H]4C[C@H](C)[C@@H](C)C[C@]4(C)[C@H]3CC[C@]12C(C)=O. The molecule has 0 aliphatic heterocycles. The van der Waals surface area contributed by atoms with Crippen LogP contribution in [0.5, 0.6) is 0 Å². The average Bonchev–Trinajstić information content (AvgIpc) is 2.96. The standard InChI is InChI=1S/C24H38O/c1-6-18-8-10-22-20-9-7-19-13-15(2)16(3)14-23(19,5)21(20)11-12-24(18,22)17(4)25/h6,15-16,18-22H,1,7-14H2,2-5H3/t15-,16-,18-,19-,20+,21-,22-,23-,24-/m0/s1. The predicted molar refractivity (Wildman–Crippen MR) is 104 cm³/mol. The van der Waals surface area contributed by atoms with Gasteiger partial charge < -0.3 is 0 Å². The van der Waals surface area contributed by atoms with Crippen LogP contribution in [-0.2, 0) is 4.79 Å². The Balaban J connectivity index is 1.67. The highest BCUT2D eigenvalue weighted by atomic mass is 16.1. The van der Waals surface area contributed by atoms with Crippen molar-refractivity contribution in [3.05, 3.63) is 12.7 Å². The zero-order valence-corrected chi connectivity index (χ0v) is 16.9. The molecule has 4 saturated carbocycles. The molecule has 4 rings (SSSR count). The van der Waals surface area contributed by atoms with Gasteiger partial charge in [0.2, 0.25) is 0 Å². The topological polar surface area (TPSA) is 17.1 Å². The van der Waals surface area contributed by atoms with Crippen LogP contribution in [0.4, 0.5) is 0 Å². The molecule has 1 nitrogen and oxygen atoms in total. The van der Waals surface area contributed by atoms with Crippen molar-refractivity contribution in [3.63, 3.8) is 0 Å². The van der Waals surface area contributed by atoms with E-state index in [-0.39, 0.29) is 5.41 Å². The summed E-state index contributed by atoms with van der Waals surface area (Å²) in [7, 11) is 0. The Kier molecular flexibility index (Phi) is 4.25. The smallest absolute Gasteiger partial charge is 0.136 e. The number of carbonyl (C=O) groups is 1. The highest BCUT2D eigenvalue weighted by molar-refractivity contribution is 5.84. The summed E-state index contributed by atoms with van der Waals surface area (Å²) in [5, 5.41) is 0. The maximum Gasteiger partial charge on any atom is 0.136 e. The molecule has 0 aromatic carbocycles. The van der Waals surface area contributed by atoms with Crippen LogP contribution in [0.1, 0.15) is 79.1 Å². The summed E-state index contributed by atoms with van der Waals surface area (Å²) in [5.41, 5.74) is 0.476. The lowest BCUT2D eigenvalue weighted by Gasteiger charge is -2.62. The number of carbonyl (C=O) groups excluding carboxylic acids is 1. The van der Waals surface area contributed by atoms with Crippen molar-refractivity contribution in [1.29, 1.82) is 0 Å². The highest BCUT2D eigenvalue weighted by Gasteiger charge is 2.63. The van der Waals surface area contributed by atoms with E-state index in [4.69, 9.17) is 0 Å². The molecule has 0 heterocycles. The van der Waals surface area contributed by atoms with E-state index in [9.17, 15) is 4.79 Å². The van der Waals surface area contributed by atoms with Crippen molar-refractivity contribution < 1.29 is 4.79 Å². The fourth-order valence-corrected chi connectivity index (χ4v) is 8.56. The Bertz CT molecular complexity index is 564. The Morgan fingerprint density at radius 1 is 1.04 bits per heavy atom. The normalized spacial score (nSPS) is 55.0. The van der Waals surface area contributed by atoms with E-state index < -0.39 is 0 Å². The van der Waals surface area contributed by atoms with Gasteiger partial charge in [-0.15, -0.1) is 6.58 Å². The van der Waals surface area contributed by atoms with Gasteiger partial charge in [0.05, 0.1) is 0 Å². The third kappa shape index (κ3) is 2.29. The monoisotopic (exact) mass is 342 g/mol. The molecule has 4 aliphatic carbocycles. The minimum Gasteiger partial charge on any atom is -0.299 e. The largest absolute Gasteiger partial charge is 0.299 e. The number of allylic oxidation sites excluding steroid dienone is 1. The number of hydrogen-bond donors (Lipinski definition) is 0. The van der Waals surface area contributed by atoms with Gasteiger partial charge in [0.25, 0.3) is 0 Å². The molecule has 0 radical (unpaired) electrons. The zero-order valence-electron chi connectivity index (χ0n) is 16.9. The molecule has 9 atom stereocenters. The Morgan fingerprint density at radius 3 is 2.48 bits per heavy atom. The maximum absolute atomic E-state index is 12.9. The Hall–Kier alpha value is -0.590. The zero-order chi connectivity index (χ0) is 18.0. The van der Waals surface area contributed by atoms with E-state index in [1.807, 2.05) is 6.92 Å². The van der Waals surface area contributed by atoms with Gasteiger partial charge in [0.15, 0.2) is 0 Å². The van der Waals surface area contributed by atoms with Crippen molar-refractivity contribution in [2.24, 2.45) is 52.3 Å². The molecule has 25 heavy (non-hydrogen) atoms. The van der Waals surface area contributed by atoms with Crippen molar-refractivity contribution in [2.45, 2.75) is 79.1 Å². The first-order valence-corrected chi connectivity index (χ1v) is 11.0. The number of Topliss-reactive ketones (excluding diaryl/α,β-unsaturated/α-hetero) is 1. The van der Waals surface area contributed by atoms with Crippen LogP contribution in [0.25, 0.3) is 0 Å². The van der Waals surface area contributed by atoms with Gasteiger partial charge in [-0.25, -0.2) is 0 Å². The van der Waals surface area contributed by atoms with Crippen LogP contribution in [-0.4, -0.2) is 5.78 Å². The first kappa shape index (κ1) is 17.8. The number of rotatable bonds is 2. The van der Waals surface area contributed by atoms with Crippen molar-refractivity contribution in [3.8, 4) is 0 Å². The van der Waals surface area contributed by atoms with E-state index in [0.29, 0.717) is 23.0 Å². The number of fused-ring (bicyclic) bond motifs is 5. The van der Waals surface area contributed by atoms with Gasteiger partial charge in [-0.2, -0.15) is 0 Å². The maximum atomic E-state index is 12.9. The predicted octanol–water partition coefficient (Wildman–Crippen LogP) is 6.28. The van der Waals surface area contributed by atoms with Gasteiger partial charge in [0.1, 0.15) is 5.78 Å². The second kappa shape index (κ2) is 5.96. The number of hydrogen-bond acceptors (Lipinski definition) is 1. The van der Waals surface area contributed by atoms with Gasteiger partial charge in [-0.3, -0.25) is 4.79 Å². The Labute approximate surface area is 155 Å². The molecule has 0 amide bonds. The fourth-order valence-electron chi connectivity index (χ4n) is 8.56.